The van der Waals surface area contributed by atoms with Gasteiger partial charge >= 0.3 is 0 Å². The van der Waals surface area contributed by atoms with Crippen molar-refractivity contribution in [3.8, 4) is 56.7 Å². The second-order valence-electron chi connectivity index (χ2n) is 16.0. The molecule has 0 bridgehead atoms. The topological polar surface area (TPSA) is 61.7 Å². The Hall–Kier alpha value is -8.61. The van der Waals surface area contributed by atoms with Crippen molar-refractivity contribution in [1.29, 1.82) is 0 Å². The summed E-state index contributed by atoms with van der Waals surface area (Å²) in [5.41, 5.74) is 13.5. The number of hydrogen-bond donors (Lipinski definition) is 0. The highest BCUT2D eigenvalue weighted by Gasteiger charge is 2.22. The molecule has 0 spiro atoms. The van der Waals surface area contributed by atoms with E-state index in [-0.39, 0.29) is 0 Å². The summed E-state index contributed by atoms with van der Waals surface area (Å²) in [5, 5.41) is 6.67. The van der Waals surface area contributed by atoms with Gasteiger partial charge < -0.3 is 8.98 Å². The second-order valence-corrected chi connectivity index (χ2v) is 16.0. The molecule has 0 unspecified atom stereocenters. The van der Waals surface area contributed by atoms with Crippen LogP contribution in [0.3, 0.4) is 0 Å². The summed E-state index contributed by atoms with van der Waals surface area (Å²) in [6, 6.07) is 74.5. The minimum absolute atomic E-state index is 0.539. The maximum atomic E-state index is 6.35. The molecule has 0 saturated carbocycles. The predicted molar refractivity (Wildman–Crippen MR) is 258 cm³/mol. The van der Waals surface area contributed by atoms with Crippen LogP contribution in [0.2, 0.25) is 0 Å². The van der Waals surface area contributed by atoms with Crippen LogP contribution < -0.4 is 0 Å². The lowest BCUT2D eigenvalue weighted by molar-refractivity contribution is 0.669. The highest BCUT2D eigenvalue weighted by Crippen LogP contribution is 2.42. The van der Waals surface area contributed by atoms with Crippen LogP contribution in [0.25, 0.3) is 122 Å². The number of aromatic nitrogens is 5. The number of rotatable bonds is 6. The van der Waals surface area contributed by atoms with Crippen molar-refractivity contribution in [2.75, 3.05) is 0 Å². The molecular weight excluding hydrogens is 771 g/mol. The SMILES string of the molecule is c1ccc(-c2ccc(-c3nc(-c4cccc5oc6ccccc6c45)nc(-n4c5ccccc5c5c(-c6ccc7c(c6)c6ccccc6n7-c6ccccc6)cccc54)n3)cc2)cc1. The average Bonchev–Trinajstić information content (AvgIpc) is 4.02. The van der Waals surface area contributed by atoms with E-state index in [0.717, 1.165) is 82.8 Å². The van der Waals surface area contributed by atoms with Crippen LogP contribution in [-0.4, -0.2) is 24.1 Å². The predicted octanol–water partition coefficient (Wildman–Crippen LogP) is 14.6. The van der Waals surface area contributed by atoms with Crippen LogP contribution in [0.4, 0.5) is 0 Å². The summed E-state index contributed by atoms with van der Waals surface area (Å²) in [4.78, 5) is 16.0. The zero-order chi connectivity index (χ0) is 41.4. The van der Waals surface area contributed by atoms with Crippen LogP contribution in [0.5, 0.6) is 0 Å². The minimum Gasteiger partial charge on any atom is -0.456 e. The fourth-order valence-corrected chi connectivity index (χ4v) is 9.59. The fourth-order valence-electron chi connectivity index (χ4n) is 9.59. The molecule has 9 aromatic carbocycles. The molecule has 13 rings (SSSR count). The van der Waals surface area contributed by atoms with Gasteiger partial charge in [-0.2, -0.15) is 9.97 Å². The number of furan rings is 1. The molecule has 6 heteroatoms. The Morgan fingerprint density at radius 1 is 0.317 bits per heavy atom. The van der Waals surface area contributed by atoms with E-state index in [1.807, 2.05) is 36.4 Å². The summed E-state index contributed by atoms with van der Waals surface area (Å²) >= 11 is 0. The lowest BCUT2D eigenvalue weighted by Gasteiger charge is -2.12. The van der Waals surface area contributed by atoms with Crippen molar-refractivity contribution in [2.45, 2.75) is 0 Å². The Morgan fingerprint density at radius 3 is 1.71 bits per heavy atom. The number of nitrogens with zero attached hydrogens (tertiary/aromatic N) is 5. The van der Waals surface area contributed by atoms with Gasteiger partial charge in [0.1, 0.15) is 11.2 Å². The molecule has 4 aromatic heterocycles. The van der Waals surface area contributed by atoms with Gasteiger partial charge in [-0.3, -0.25) is 4.57 Å². The van der Waals surface area contributed by atoms with E-state index in [1.165, 1.54) is 21.8 Å². The molecular formula is C57H35N5O. The lowest BCUT2D eigenvalue weighted by Crippen LogP contribution is -2.06. The average molecular weight is 806 g/mol. The summed E-state index contributed by atoms with van der Waals surface area (Å²) in [6.45, 7) is 0. The van der Waals surface area contributed by atoms with Crippen molar-refractivity contribution in [3.63, 3.8) is 0 Å². The maximum absolute atomic E-state index is 6.35. The summed E-state index contributed by atoms with van der Waals surface area (Å²) in [6.07, 6.45) is 0. The third-order valence-corrected chi connectivity index (χ3v) is 12.4. The van der Waals surface area contributed by atoms with Gasteiger partial charge in [-0.15, -0.1) is 0 Å². The minimum atomic E-state index is 0.539. The van der Waals surface area contributed by atoms with Gasteiger partial charge in [0.05, 0.1) is 22.1 Å². The van der Waals surface area contributed by atoms with E-state index >= 15 is 0 Å². The molecule has 0 amide bonds. The second kappa shape index (κ2) is 14.0. The normalized spacial score (nSPS) is 11.8. The third kappa shape index (κ3) is 5.55. The fraction of sp³-hybridized carbons (Fsp3) is 0. The van der Waals surface area contributed by atoms with Gasteiger partial charge in [0.25, 0.3) is 0 Å². The zero-order valence-electron chi connectivity index (χ0n) is 33.9. The van der Waals surface area contributed by atoms with Crippen LogP contribution in [0.1, 0.15) is 0 Å². The first-order valence-electron chi connectivity index (χ1n) is 21.2. The van der Waals surface area contributed by atoms with Gasteiger partial charge in [-0.1, -0.05) is 158 Å². The Morgan fingerprint density at radius 2 is 0.889 bits per heavy atom. The van der Waals surface area contributed by atoms with Crippen molar-refractivity contribution >= 4 is 65.6 Å². The molecule has 0 N–H and O–H groups in total. The Labute approximate surface area is 361 Å². The molecule has 0 radical (unpaired) electrons. The number of benzene rings is 9. The Balaban J connectivity index is 1.05. The highest BCUT2D eigenvalue weighted by molar-refractivity contribution is 6.17. The van der Waals surface area contributed by atoms with Gasteiger partial charge in [-0.25, -0.2) is 4.98 Å². The van der Waals surface area contributed by atoms with Crippen LogP contribution in [0.15, 0.2) is 217 Å². The van der Waals surface area contributed by atoms with Crippen LogP contribution >= 0.6 is 0 Å². The van der Waals surface area contributed by atoms with Gasteiger partial charge in [0, 0.05) is 49.1 Å². The van der Waals surface area contributed by atoms with E-state index in [9.17, 15) is 0 Å². The first kappa shape index (κ1) is 35.2. The number of fused-ring (bicyclic) bond motifs is 9. The molecule has 0 atom stereocenters. The van der Waals surface area contributed by atoms with E-state index in [4.69, 9.17) is 19.4 Å². The monoisotopic (exact) mass is 805 g/mol. The lowest BCUT2D eigenvalue weighted by atomic mass is 9.98. The van der Waals surface area contributed by atoms with E-state index in [2.05, 4.69) is 185 Å². The van der Waals surface area contributed by atoms with E-state index in [1.54, 1.807) is 0 Å². The molecule has 63 heavy (non-hydrogen) atoms. The Kier molecular flexibility index (Phi) is 7.80. The maximum Gasteiger partial charge on any atom is 0.238 e. The number of para-hydroxylation sites is 4. The summed E-state index contributed by atoms with van der Waals surface area (Å²) < 4.78 is 10.9. The first-order valence-corrected chi connectivity index (χ1v) is 21.2. The van der Waals surface area contributed by atoms with Gasteiger partial charge in [0.15, 0.2) is 11.6 Å². The third-order valence-electron chi connectivity index (χ3n) is 12.4. The molecule has 0 aliphatic rings. The van der Waals surface area contributed by atoms with Crippen molar-refractivity contribution in [2.24, 2.45) is 0 Å². The molecule has 294 valence electrons. The molecule has 0 fully saturated rings. The smallest absolute Gasteiger partial charge is 0.238 e. The largest absolute Gasteiger partial charge is 0.456 e. The standard InChI is InChI=1S/C57H35N5O/c1-3-15-36(16-4-1)37-29-31-38(32-30-37)55-58-56(45-23-14-28-52-54(45)44-21-9-12-27-51(44)63-52)60-57(59-55)62-48-25-11-8-20-43(48)53-41(22-13-26-50(53)62)39-33-34-49-46(35-39)42-19-7-10-24-47(42)61(49)40-17-5-2-6-18-40/h1-35H. The van der Waals surface area contributed by atoms with Crippen LogP contribution in [0, 0.1) is 0 Å². The summed E-state index contributed by atoms with van der Waals surface area (Å²) in [7, 11) is 0. The molecule has 0 aliphatic heterocycles. The van der Waals surface area contributed by atoms with E-state index in [0.29, 0.717) is 17.6 Å². The van der Waals surface area contributed by atoms with Crippen molar-refractivity contribution < 1.29 is 4.42 Å². The molecule has 6 nitrogen and oxygen atoms in total. The summed E-state index contributed by atoms with van der Waals surface area (Å²) in [5.74, 6) is 1.69. The van der Waals surface area contributed by atoms with Crippen molar-refractivity contribution in [1.82, 2.24) is 24.1 Å². The first-order chi connectivity index (χ1) is 31.2. The van der Waals surface area contributed by atoms with Gasteiger partial charge in [0.2, 0.25) is 5.95 Å². The van der Waals surface area contributed by atoms with Gasteiger partial charge in [-0.05, 0) is 76.9 Å². The quantitative estimate of drug-likeness (QED) is 0.168. The Bertz CT molecular complexity index is 3900. The van der Waals surface area contributed by atoms with E-state index < -0.39 is 0 Å². The molecule has 0 saturated heterocycles. The zero-order valence-corrected chi connectivity index (χ0v) is 33.9. The molecule has 13 aromatic rings. The highest BCUT2D eigenvalue weighted by atomic mass is 16.3. The number of hydrogen-bond acceptors (Lipinski definition) is 4. The van der Waals surface area contributed by atoms with Crippen molar-refractivity contribution in [3.05, 3.63) is 212 Å². The molecule has 4 heterocycles. The molecule has 0 aliphatic carbocycles. The van der Waals surface area contributed by atoms with Crippen LogP contribution in [-0.2, 0) is 0 Å².